The molecule has 0 spiro atoms. The van der Waals surface area contributed by atoms with Crippen molar-refractivity contribution in [2.24, 2.45) is 12.9 Å². The molecule has 4 heterocycles. The number of fused-ring (bicyclic) bond motifs is 1. The van der Waals surface area contributed by atoms with Crippen molar-refractivity contribution in [1.29, 1.82) is 0 Å². The van der Waals surface area contributed by atoms with Crippen molar-refractivity contribution < 1.29 is 26.3 Å². The molecule has 5 rings (SSSR count). The summed E-state index contributed by atoms with van der Waals surface area (Å²) in [6.45, 7) is -6.09. The second-order valence-corrected chi connectivity index (χ2v) is 8.53. The molecule has 1 unspecified atom stereocenters. The maximum atomic E-state index is 15.9. The van der Waals surface area contributed by atoms with E-state index in [0.29, 0.717) is 29.5 Å². The molecule has 3 fully saturated rings. The molecular formula is C24H32FN5O2. The van der Waals surface area contributed by atoms with Crippen LogP contribution in [-0.2, 0) is 16.6 Å². The maximum absolute atomic E-state index is 15.9. The fourth-order valence-corrected chi connectivity index (χ4v) is 4.88. The highest BCUT2D eigenvalue weighted by Crippen LogP contribution is 2.36. The molecule has 7 nitrogen and oxygen atoms in total. The summed E-state index contributed by atoms with van der Waals surface area (Å²) in [7, 11) is 1.58. The first-order chi connectivity index (χ1) is 18.8. The highest BCUT2D eigenvalue weighted by atomic mass is 19.1. The quantitative estimate of drug-likeness (QED) is 0.700. The lowest BCUT2D eigenvalue weighted by molar-refractivity contribution is -0.134. The Morgan fingerprint density at radius 3 is 2.69 bits per heavy atom. The van der Waals surface area contributed by atoms with Gasteiger partial charge in [0.2, 0.25) is 11.8 Å². The molecule has 3 saturated heterocycles. The molecule has 2 N–H and O–H groups in total. The van der Waals surface area contributed by atoms with Crippen LogP contribution in [0.5, 0.6) is 0 Å². The Bertz CT molecular complexity index is 1380. The average molecular weight is 451 g/mol. The third-order valence-corrected chi connectivity index (χ3v) is 6.53. The molecular weight excluding hydrogens is 409 g/mol. The number of likely N-dealkylation sites (tertiary alicyclic amines) is 1. The standard InChI is InChI=1S/C24H32FN5O2/c1-29-23-18(22(28-29)19-4-5-20(31)27-24(19)32)3-2-17(21(23)25)16-8-12-30(13-9-16)14-15-6-10-26-11-7-15/h2-3,15-16,19,26H,4-14H2,1H3,(H,27,31,32)/i6D2,7D2,10D2,11D2,15D. The van der Waals surface area contributed by atoms with Crippen LogP contribution < -0.4 is 10.6 Å². The average Bonchev–Trinajstić information content (AvgIpc) is 3.20. The van der Waals surface area contributed by atoms with Crippen LogP contribution in [0.3, 0.4) is 0 Å². The van der Waals surface area contributed by atoms with Crippen LogP contribution in [-0.4, -0.2) is 59.1 Å². The summed E-state index contributed by atoms with van der Waals surface area (Å²) in [4.78, 5) is 25.6. The Morgan fingerprint density at radius 2 is 1.97 bits per heavy atom. The lowest BCUT2D eigenvalue weighted by Crippen LogP contribution is -2.40. The molecule has 0 saturated carbocycles. The minimum Gasteiger partial charge on any atom is -0.317 e. The minimum atomic E-state index is -3.08. The Morgan fingerprint density at radius 1 is 1.22 bits per heavy atom. The van der Waals surface area contributed by atoms with Gasteiger partial charge in [0.15, 0.2) is 5.82 Å². The fraction of sp³-hybridized carbons (Fsp3) is 0.625. The third-order valence-electron chi connectivity index (χ3n) is 6.53. The number of piperidine rings is 3. The molecule has 0 bridgehead atoms. The van der Waals surface area contributed by atoms with Crippen molar-refractivity contribution in [1.82, 2.24) is 25.3 Å². The molecule has 0 aliphatic carbocycles. The SMILES string of the molecule is [2H]C1([2H])NC([2H])([2H])C([2H])([2H])C([2H])(CN2CCC(c3ccc4c(C5CCC(=O)NC5=O)nn(C)c4c3F)CC2)C1([2H])[2H]. The Balaban J connectivity index is 1.36. The maximum Gasteiger partial charge on any atom is 0.235 e. The van der Waals surface area contributed by atoms with Gasteiger partial charge in [-0.15, -0.1) is 0 Å². The van der Waals surface area contributed by atoms with Crippen molar-refractivity contribution in [2.75, 3.05) is 32.6 Å². The number of rotatable bonds is 4. The number of carbonyl (C=O) groups is 2. The molecule has 172 valence electrons. The van der Waals surface area contributed by atoms with Gasteiger partial charge >= 0.3 is 0 Å². The molecule has 8 heteroatoms. The molecule has 2 amide bonds. The lowest BCUT2D eigenvalue weighted by atomic mass is 9.86. The molecule has 32 heavy (non-hydrogen) atoms. The van der Waals surface area contributed by atoms with Gasteiger partial charge in [-0.25, -0.2) is 4.39 Å². The number of aromatic nitrogens is 2. The Labute approximate surface area is 200 Å². The summed E-state index contributed by atoms with van der Waals surface area (Å²) >= 11 is 0. The van der Waals surface area contributed by atoms with Gasteiger partial charge in [-0.05, 0) is 75.5 Å². The van der Waals surface area contributed by atoms with E-state index in [1.54, 1.807) is 29.4 Å². The van der Waals surface area contributed by atoms with E-state index < -0.39 is 55.8 Å². The molecule has 3 aliphatic heterocycles. The van der Waals surface area contributed by atoms with Crippen molar-refractivity contribution >= 4 is 22.7 Å². The number of nitrogens with one attached hydrogen (secondary N) is 2. The van der Waals surface area contributed by atoms with Gasteiger partial charge in [0.05, 0.1) is 11.6 Å². The van der Waals surface area contributed by atoms with Crippen molar-refractivity contribution in [3.63, 3.8) is 0 Å². The van der Waals surface area contributed by atoms with E-state index in [9.17, 15) is 9.59 Å². The number of imide groups is 1. The smallest absolute Gasteiger partial charge is 0.235 e. The first-order valence-corrected chi connectivity index (χ1v) is 10.8. The highest BCUT2D eigenvalue weighted by molar-refractivity contribution is 6.02. The van der Waals surface area contributed by atoms with E-state index in [0.717, 1.165) is 0 Å². The summed E-state index contributed by atoms with van der Waals surface area (Å²) in [5.41, 5.74) is 1.06. The van der Waals surface area contributed by atoms with Crippen LogP contribution in [0.4, 0.5) is 4.39 Å². The highest BCUT2D eigenvalue weighted by Gasteiger charge is 2.33. The van der Waals surface area contributed by atoms with E-state index in [1.165, 1.54) is 4.68 Å². The molecule has 2 aromatic rings. The van der Waals surface area contributed by atoms with Gasteiger partial charge in [-0.1, -0.05) is 12.1 Å². The van der Waals surface area contributed by atoms with E-state index in [2.05, 4.69) is 10.4 Å². The number of hydrogen-bond donors (Lipinski definition) is 2. The van der Waals surface area contributed by atoms with Gasteiger partial charge in [0.1, 0.15) is 5.52 Å². The summed E-state index contributed by atoms with van der Waals surface area (Å²) < 4.78 is 91.6. The molecule has 1 atom stereocenters. The van der Waals surface area contributed by atoms with E-state index in [1.807, 2.05) is 0 Å². The molecule has 0 radical (unpaired) electrons. The number of hydrogen-bond acceptors (Lipinski definition) is 5. The van der Waals surface area contributed by atoms with Crippen LogP contribution in [0.15, 0.2) is 12.1 Å². The zero-order valence-electron chi connectivity index (χ0n) is 26.8. The topological polar surface area (TPSA) is 79.3 Å². The summed E-state index contributed by atoms with van der Waals surface area (Å²) in [5, 5.41) is 8.97. The second-order valence-electron chi connectivity index (χ2n) is 8.53. The third kappa shape index (κ3) is 4.06. The van der Waals surface area contributed by atoms with E-state index >= 15 is 4.39 Å². The zero-order chi connectivity index (χ0) is 30.3. The van der Waals surface area contributed by atoms with Crippen molar-refractivity contribution in [2.45, 2.75) is 50.3 Å². The van der Waals surface area contributed by atoms with Crippen LogP contribution in [0.2, 0.25) is 0 Å². The van der Waals surface area contributed by atoms with Gasteiger partial charge in [-0.2, -0.15) is 5.10 Å². The van der Waals surface area contributed by atoms with Gasteiger partial charge < -0.3 is 10.2 Å². The number of halogens is 1. The van der Waals surface area contributed by atoms with E-state index in [-0.39, 0.29) is 43.3 Å². The fourth-order valence-electron chi connectivity index (χ4n) is 4.88. The molecule has 3 aliphatic rings. The summed E-state index contributed by atoms with van der Waals surface area (Å²) in [5.74, 6) is -5.03. The number of carbonyl (C=O) groups excluding carboxylic acids is 2. The van der Waals surface area contributed by atoms with Gasteiger partial charge in [0.25, 0.3) is 0 Å². The number of nitrogens with zero attached hydrogens (tertiary/aromatic N) is 3. The number of amides is 2. The number of aryl methyl sites for hydroxylation is 1. The van der Waals surface area contributed by atoms with Gasteiger partial charge in [0, 0.05) is 37.7 Å². The van der Waals surface area contributed by atoms with E-state index in [4.69, 9.17) is 12.3 Å². The monoisotopic (exact) mass is 450 g/mol. The first kappa shape index (κ1) is 13.4. The van der Waals surface area contributed by atoms with Crippen LogP contribution in [0.25, 0.3) is 10.9 Å². The van der Waals surface area contributed by atoms with Crippen LogP contribution in [0, 0.1) is 11.7 Å². The molecule has 1 aromatic carbocycles. The second kappa shape index (κ2) is 8.90. The summed E-state index contributed by atoms with van der Waals surface area (Å²) in [6.07, 6.45) is -4.93. The summed E-state index contributed by atoms with van der Waals surface area (Å²) in [6, 6.07) is 3.36. The minimum absolute atomic E-state index is 0.169. The predicted octanol–water partition coefficient (Wildman–Crippen LogP) is 2.41. The lowest BCUT2D eigenvalue weighted by Gasteiger charge is -2.35. The van der Waals surface area contributed by atoms with Crippen molar-refractivity contribution in [3.05, 3.63) is 29.2 Å². The predicted molar refractivity (Wildman–Crippen MR) is 120 cm³/mol. The van der Waals surface area contributed by atoms with Crippen LogP contribution in [0.1, 0.15) is 73.9 Å². The van der Waals surface area contributed by atoms with Crippen LogP contribution >= 0.6 is 0 Å². The van der Waals surface area contributed by atoms with Crippen molar-refractivity contribution in [3.8, 4) is 0 Å². The number of benzene rings is 1. The Kier molecular flexibility index (Phi) is 3.73. The largest absolute Gasteiger partial charge is 0.317 e. The Hall–Kier alpha value is -2.32. The molecule has 1 aromatic heterocycles. The zero-order valence-corrected chi connectivity index (χ0v) is 17.8. The normalized spacial score (nSPS) is 35.7. The first-order valence-electron chi connectivity index (χ1n) is 15.3. The van der Waals surface area contributed by atoms with Gasteiger partial charge in [-0.3, -0.25) is 19.6 Å².